The molecule has 0 amide bonds. The number of aliphatic hydroxyl groups is 1. The summed E-state index contributed by atoms with van der Waals surface area (Å²) in [5.74, 6) is 1.17. The Bertz CT molecular complexity index is 526. The maximum Gasteiger partial charge on any atom is 0.244 e. The molecule has 1 aromatic heterocycles. The number of likely N-dealkylation sites (tertiary alicyclic amines) is 1. The normalized spacial score (nSPS) is 24.6. The quantitative estimate of drug-likeness (QED) is 0.868. The van der Waals surface area contributed by atoms with E-state index < -0.39 is 0 Å². The highest BCUT2D eigenvalue weighted by molar-refractivity contribution is 5.53. The molecule has 1 N–H and O–H groups in total. The molecule has 18 heavy (non-hydrogen) atoms. The lowest BCUT2D eigenvalue weighted by Gasteiger charge is -2.13. The number of hydrogen-bond acceptors (Lipinski definition) is 5. The molecule has 2 unspecified atom stereocenters. The molecule has 0 saturated carbocycles. The van der Waals surface area contributed by atoms with Crippen molar-refractivity contribution in [3.8, 4) is 11.4 Å². The van der Waals surface area contributed by atoms with Crippen LogP contribution in [0.1, 0.15) is 18.4 Å². The van der Waals surface area contributed by atoms with Crippen LogP contribution in [0.4, 0.5) is 0 Å². The van der Waals surface area contributed by atoms with Gasteiger partial charge in [-0.25, -0.2) is 0 Å². The molecule has 1 aliphatic rings. The fraction of sp³-hybridized carbons (Fsp3) is 0.385. The third-order valence-electron chi connectivity index (χ3n) is 3.28. The SMILES string of the molecule is CN1CC(O)CC1c1nc(-c2ccccc2)no1. The minimum absolute atomic E-state index is 0.0185. The largest absolute Gasteiger partial charge is 0.392 e. The minimum Gasteiger partial charge on any atom is -0.392 e. The summed E-state index contributed by atoms with van der Waals surface area (Å²) in [6.07, 6.45) is 0.333. The third kappa shape index (κ3) is 2.02. The van der Waals surface area contributed by atoms with Gasteiger partial charge >= 0.3 is 0 Å². The van der Waals surface area contributed by atoms with Crippen LogP contribution in [0.25, 0.3) is 11.4 Å². The van der Waals surface area contributed by atoms with Crippen LogP contribution in [0.3, 0.4) is 0 Å². The molecule has 94 valence electrons. The van der Waals surface area contributed by atoms with Crippen molar-refractivity contribution in [2.75, 3.05) is 13.6 Å². The maximum atomic E-state index is 9.62. The molecule has 1 saturated heterocycles. The predicted octanol–water partition coefficient (Wildman–Crippen LogP) is 1.47. The Hall–Kier alpha value is -1.72. The summed E-state index contributed by atoms with van der Waals surface area (Å²) in [7, 11) is 1.95. The summed E-state index contributed by atoms with van der Waals surface area (Å²) in [5, 5.41) is 13.6. The average Bonchev–Trinajstić information content (AvgIpc) is 2.97. The van der Waals surface area contributed by atoms with E-state index in [2.05, 4.69) is 10.1 Å². The lowest BCUT2D eigenvalue weighted by molar-refractivity contribution is 0.182. The molecule has 0 radical (unpaired) electrons. The van der Waals surface area contributed by atoms with E-state index in [1.165, 1.54) is 0 Å². The number of rotatable bonds is 2. The first-order chi connectivity index (χ1) is 8.74. The van der Waals surface area contributed by atoms with Crippen LogP contribution in [0.15, 0.2) is 34.9 Å². The van der Waals surface area contributed by atoms with Crippen LogP contribution in [0.5, 0.6) is 0 Å². The molecule has 5 nitrogen and oxygen atoms in total. The standard InChI is InChI=1S/C13H15N3O2/c1-16-8-10(17)7-11(16)13-14-12(15-18-13)9-5-3-2-4-6-9/h2-6,10-11,17H,7-8H2,1H3. The number of aromatic nitrogens is 2. The van der Waals surface area contributed by atoms with Gasteiger partial charge in [-0.3, -0.25) is 4.90 Å². The van der Waals surface area contributed by atoms with E-state index in [9.17, 15) is 5.11 Å². The molecule has 0 bridgehead atoms. The highest BCUT2D eigenvalue weighted by atomic mass is 16.5. The van der Waals surface area contributed by atoms with Crippen LogP contribution in [0.2, 0.25) is 0 Å². The lowest BCUT2D eigenvalue weighted by Crippen LogP contribution is -2.19. The zero-order chi connectivity index (χ0) is 12.5. The van der Waals surface area contributed by atoms with Crippen molar-refractivity contribution in [3.63, 3.8) is 0 Å². The molecule has 5 heteroatoms. The Morgan fingerprint density at radius 3 is 2.78 bits per heavy atom. The molecule has 2 aromatic rings. The van der Waals surface area contributed by atoms with Crippen LogP contribution in [0, 0.1) is 0 Å². The van der Waals surface area contributed by atoms with Crippen molar-refractivity contribution < 1.29 is 9.63 Å². The summed E-state index contributed by atoms with van der Waals surface area (Å²) in [6, 6.07) is 9.74. The molecule has 2 heterocycles. The van der Waals surface area contributed by atoms with Crippen LogP contribution in [-0.2, 0) is 0 Å². The van der Waals surface area contributed by atoms with Gasteiger partial charge in [-0.15, -0.1) is 0 Å². The number of likely N-dealkylation sites (N-methyl/N-ethyl adjacent to an activating group) is 1. The Morgan fingerprint density at radius 2 is 2.11 bits per heavy atom. The second kappa shape index (κ2) is 4.51. The molecule has 1 aromatic carbocycles. The second-order valence-electron chi connectivity index (χ2n) is 4.67. The van der Waals surface area contributed by atoms with E-state index in [0.717, 1.165) is 5.56 Å². The molecule has 0 aliphatic carbocycles. The van der Waals surface area contributed by atoms with E-state index in [0.29, 0.717) is 24.7 Å². The van der Waals surface area contributed by atoms with Gasteiger partial charge in [0.1, 0.15) is 0 Å². The smallest absolute Gasteiger partial charge is 0.244 e. The summed E-state index contributed by atoms with van der Waals surface area (Å²) >= 11 is 0. The minimum atomic E-state index is -0.313. The Kier molecular flexibility index (Phi) is 2.85. The zero-order valence-electron chi connectivity index (χ0n) is 10.2. The van der Waals surface area contributed by atoms with E-state index >= 15 is 0 Å². The Morgan fingerprint density at radius 1 is 1.33 bits per heavy atom. The predicted molar refractivity (Wildman–Crippen MR) is 65.7 cm³/mol. The van der Waals surface area contributed by atoms with Gasteiger partial charge < -0.3 is 9.63 Å². The lowest BCUT2D eigenvalue weighted by atomic mass is 10.2. The van der Waals surface area contributed by atoms with Gasteiger partial charge in [-0.1, -0.05) is 35.5 Å². The zero-order valence-corrected chi connectivity index (χ0v) is 10.2. The fourth-order valence-electron chi connectivity index (χ4n) is 2.34. The van der Waals surface area contributed by atoms with Gasteiger partial charge in [0.15, 0.2) is 0 Å². The first-order valence-corrected chi connectivity index (χ1v) is 6.01. The van der Waals surface area contributed by atoms with Crippen LogP contribution < -0.4 is 0 Å². The van der Waals surface area contributed by atoms with Gasteiger partial charge in [0.25, 0.3) is 0 Å². The fourth-order valence-corrected chi connectivity index (χ4v) is 2.34. The van der Waals surface area contributed by atoms with E-state index in [-0.39, 0.29) is 12.1 Å². The summed E-state index contributed by atoms with van der Waals surface area (Å²) in [5.41, 5.74) is 0.939. The first kappa shape index (κ1) is 11.4. The molecule has 2 atom stereocenters. The second-order valence-corrected chi connectivity index (χ2v) is 4.67. The van der Waals surface area contributed by atoms with Gasteiger partial charge in [0.2, 0.25) is 11.7 Å². The molecular weight excluding hydrogens is 230 g/mol. The van der Waals surface area contributed by atoms with Gasteiger partial charge in [-0.2, -0.15) is 4.98 Å². The van der Waals surface area contributed by atoms with Crippen molar-refractivity contribution in [1.29, 1.82) is 0 Å². The number of benzene rings is 1. The Balaban J connectivity index is 1.86. The van der Waals surface area contributed by atoms with E-state index in [4.69, 9.17) is 4.52 Å². The number of aliphatic hydroxyl groups excluding tert-OH is 1. The number of nitrogens with zero attached hydrogens (tertiary/aromatic N) is 3. The summed E-state index contributed by atoms with van der Waals surface area (Å²) in [4.78, 5) is 6.45. The van der Waals surface area contributed by atoms with Gasteiger partial charge in [-0.05, 0) is 13.5 Å². The van der Waals surface area contributed by atoms with Gasteiger partial charge in [0.05, 0.1) is 12.1 Å². The summed E-state index contributed by atoms with van der Waals surface area (Å²) in [6.45, 7) is 0.647. The first-order valence-electron chi connectivity index (χ1n) is 6.01. The van der Waals surface area contributed by atoms with Crippen molar-refractivity contribution in [3.05, 3.63) is 36.2 Å². The average molecular weight is 245 g/mol. The highest BCUT2D eigenvalue weighted by Gasteiger charge is 2.33. The van der Waals surface area contributed by atoms with Crippen molar-refractivity contribution >= 4 is 0 Å². The topological polar surface area (TPSA) is 62.4 Å². The van der Waals surface area contributed by atoms with Gasteiger partial charge in [0, 0.05) is 12.1 Å². The highest BCUT2D eigenvalue weighted by Crippen LogP contribution is 2.30. The van der Waals surface area contributed by atoms with Crippen molar-refractivity contribution in [2.45, 2.75) is 18.6 Å². The Labute approximate surface area is 105 Å². The van der Waals surface area contributed by atoms with Crippen molar-refractivity contribution in [2.24, 2.45) is 0 Å². The molecule has 1 aliphatic heterocycles. The van der Waals surface area contributed by atoms with Crippen LogP contribution in [-0.4, -0.2) is 39.8 Å². The summed E-state index contributed by atoms with van der Waals surface area (Å²) < 4.78 is 5.31. The molecule has 0 spiro atoms. The van der Waals surface area contributed by atoms with E-state index in [1.54, 1.807) is 0 Å². The van der Waals surface area contributed by atoms with Crippen molar-refractivity contribution in [1.82, 2.24) is 15.0 Å². The third-order valence-corrected chi connectivity index (χ3v) is 3.28. The monoisotopic (exact) mass is 245 g/mol. The molecule has 3 rings (SSSR count). The van der Waals surface area contributed by atoms with Crippen LogP contribution >= 0.6 is 0 Å². The number of β-amino-alcohol motifs (C(OH)–C–C–N with tert-alkyl or cyclic N) is 1. The number of hydrogen-bond donors (Lipinski definition) is 1. The molecular formula is C13H15N3O2. The molecule has 1 fully saturated rings. The van der Waals surface area contributed by atoms with E-state index in [1.807, 2.05) is 42.3 Å². The maximum absolute atomic E-state index is 9.62.